The zero-order valence-corrected chi connectivity index (χ0v) is 16.0. The first-order valence-electron chi connectivity index (χ1n) is 8.79. The van der Waals surface area contributed by atoms with Crippen LogP contribution in [0.2, 0.25) is 0 Å². The van der Waals surface area contributed by atoms with Crippen LogP contribution in [-0.2, 0) is 10.0 Å². The molecule has 1 N–H and O–H groups in total. The van der Waals surface area contributed by atoms with Gasteiger partial charge in [0.1, 0.15) is 5.75 Å². The van der Waals surface area contributed by atoms with Crippen molar-refractivity contribution in [1.29, 1.82) is 0 Å². The van der Waals surface area contributed by atoms with E-state index in [1.807, 2.05) is 24.3 Å². The van der Waals surface area contributed by atoms with Gasteiger partial charge in [-0.3, -0.25) is 14.9 Å². The Kier molecular flexibility index (Phi) is 4.56. The van der Waals surface area contributed by atoms with Crippen LogP contribution in [0.15, 0.2) is 47.4 Å². The summed E-state index contributed by atoms with van der Waals surface area (Å²) in [5, 5.41) is 2.17. The Morgan fingerprint density at radius 2 is 1.64 bits per heavy atom. The summed E-state index contributed by atoms with van der Waals surface area (Å²) in [5.74, 6) is -0.325. The highest BCUT2D eigenvalue weighted by Gasteiger charge is 2.32. The molecule has 4 rings (SSSR count). The summed E-state index contributed by atoms with van der Waals surface area (Å²) in [6.45, 7) is 1.72. The number of nitrogens with one attached hydrogen (secondary N) is 1. The third-order valence-electron chi connectivity index (χ3n) is 5.00. The Hall–Kier alpha value is -2.91. The van der Waals surface area contributed by atoms with Gasteiger partial charge >= 0.3 is 0 Å². The molecule has 1 fully saturated rings. The second-order valence-electron chi connectivity index (χ2n) is 6.58. The first kappa shape index (κ1) is 18.5. The monoisotopic (exact) mass is 401 g/mol. The Balaban J connectivity index is 1.52. The first-order chi connectivity index (χ1) is 13.4. The van der Waals surface area contributed by atoms with Crippen molar-refractivity contribution in [3.8, 4) is 5.75 Å². The van der Waals surface area contributed by atoms with E-state index in [9.17, 15) is 18.0 Å². The predicted molar refractivity (Wildman–Crippen MR) is 102 cm³/mol. The minimum atomic E-state index is -3.75. The topological polar surface area (TPSA) is 96.0 Å². The van der Waals surface area contributed by atoms with E-state index in [0.717, 1.165) is 11.4 Å². The Morgan fingerprint density at radius 1 is 0.929 bits per heavy atom. The van der Waals surface area contributed by atoms with Crippen molar-refractivity contribution in [3.63, 3.8) is 0 Å². The van der Waals surface area contributed by atoms with Gasteiger partial charge in [0.15, 0.2) is 0 Å². The van der Waals surface area contributed by atoms with Gasteiger partial charge in [-0.25, -0.2) is 8.42 Å². The lowest BCUT2D eigenvalue weighted by molar-refractivity contribution is 0.0879. The number of amides is 2. The lowest BCUT2D eigenvalue weighted by Gasteiger charge is -2.35. The molecule has 0 saturated carbocycles. The summed E-state index contributed by atoms with van der Waals surface area (Å²) in [6, 6.07) is 11.7. The molecule has 2 aromatic carbocycles. The van der Waals surface area contributed by atoms with Crippen LogP contribution in [0.1, 0.15) is 20.7 Å². The second kappa shape index (κ2) is 6.92. The molecule has 2 aromatic rings. The number of ether oxygens (including phenoxy) is 1. The van der Waals surface area contributed by atoms with Crippen molar-refractivity contribution in [1.82, 2.24) is 9.62 Å². The maximum absolute atomic E-state index is 13.0. The summed E-state index contributed by atoms with van der Waals surface area (Å²) in [5.41, 5.74) is 1.27. The molecule has 0 aliphatic carbocycles. The largest absolute Gasteiger partial charge is 0.497 e. The molecule has 9 heteroatoms. The summed E-state index contributed by atoms with van der Waals surface area (Å²) < 4.78 is 32.6. The summed E-state index contributed by atoms with van der Waals surface area (Å²) in [4.78, 5) is 25.6. The zero-order chi connectivity index (χ0) is 19.9. The van der Waals surface area contributed by atoms with Crippen LogP contribution in [0.25, 0.3) is 0 Å². The fourth-order valence-corrected chi connectivity index (χ4v) is 4.90. The number of benzene rings is 2. The average molecular weight is 401 g/mol. The summed E-state index contributed by atoms with van der Waals surface area (Å²) in [6.07, 6.45) is 0. The number of methoxy groups -OCH3 is 1. The second-order valence-corrected chi connectivity index (χ2v) is 8.52. The molecule has 0 aromatic heterocycles. The number of hydrogen-bond donors (Lipinski definition) is 1. The van der Waals surface area contributed by atoms with E-state index in [1.54, 1.807) is 7.11 Å². The molecular weight excluding hydrogens is 382 g/mol. The van der Waals surface area contributed by atoms with Crippen molar-refractivity contribution in [2.45, 2.75) is 4.90 Å². The maximum Gasteiger partial charge on any atom is 0.258 e. The molecule has 2 amide bonds. The number of rotatable bonds is 4. The van der Waals surface area contributed by atoms with E-state index in [1.165, 1.54) is 22.5 Å². The molecule has 146 valence electrons. The van der Waals surface area contributed by atoms with E-state index in [4.69, 9.17) is 4.74 Å². The van der Waals surface area contributed by atoms with Crippen molar-refractivity contribution in [2.24, 2.45) is 0 Å². The van der Waals surface area contributed by atoms with Gasteiger partial charge in [-0.2, -0.15) is 4.31 Å². The third kappa shape index (κ3) is 3.12. The summed E-state index contributed by atoms with van der Waals surface area (Å²) >= 11 is 0. The molecule has 0 bridgehead atoms. The van der Waals surface area contributed by atoms with Gasteiger partial charge in [-0.15, -0.1) is 0 Å². The molecule has 1 saturated heterocycles. The van der Waals surface area contributed by atoms with Crippen molar-refractivity contribution in [3.05, 3.63) is 53.6 Å². The molecule has 2 aliphatic heterocycles. The third-order valence-corrected chi connectivity index (χ3v) is 6.90. The normalized spacial score (nSPS) is 17.4. The Bertz CT molecular complexity index is 1060. The van der Waals surface area contributed by atoms with Crippen LogP contribution in [0.3, 0.4) is 0 Å². The molecule has 28 heavy (non-hydrogen) atoms. The van der Waals surface area contributed by atoms with Crippen LogP contribution in [0.5, 0.6) is 5.75 Å². The minimum absolute atomic E-state index is 0.0194. The SMILES string of the molecule is COc1cccc(N2CCN(S(=O)(=O)c3ccc4c(c3)C(=O)NC4=O)CC2)c1. The number of sulfonamides is 1. The lowest BCUT2D eigenvalue weighted by Crippen LogP contribution is -2.48. The first-order valence-corrected chi connectivity index (χ1v) is 10.2. The van der Waals surface area contributed by atoms with Crippen molar-refractivity contribution < 1.29 is 22.7 Å². The van der Waals surface area contributed by atoms with Gasteiger partial charge in [-0.1, -0.05) is 6.07 Å². The van der Waals surface area contributed by atoms with E-state index in [-0.39, 0.29) is 16.0 Å². The number of fused-ring (bicyclic) bond motifs is 1. The quantitative estimate of drug-likeness (QED) is 0.771. The number of nitrogens with zero attached hydrogens (tertiary/aromatic N) is 2. The standard InChI is InChI=1S/C19H19N3O5S/c1-27-14-4-2-3-13(11-14)21-7-9-22(10-8-21)28(25,26)15-5-6-16-17(12-15)19(24)20-18(16)23/h2-6,11-12H,7-10H2,1H3,(H,20,23,24). The van der Waals surface area contributed by atoms with E-state index < -0.39 is 21.8 Å². The summed E-state index contributed by atoms with van der Waals surface area (Å²) in [7, 11) is -2.15. The van der Waals surface area contributed by atoms with Crippen LogP contribution >= 0.6 is 0 Å². The molecule has 2 heterocycles. The Morgan fingerprint density at radius 3 is 2.36 bits per heavy atom. The lowest BCUT2D eigenvalue weighted by atomic mass is 10.1. The number of anilines is 1. The number of hydrogen-bond acceptors (Lipinski definition) is 6. The van der Waals surface area contributed by atoms with Gasteiger partial charge in [-0.05, 0) is 30.3 Å². The van der Waals surface area contributed by atoms with Crippen LogP contribution in [-0.4, -0.2) is 57.8 Å². The molecule has 0 atom stereocenters. The van der Waals surface area contributed by atoms with Crippen molar-refractivity contribution >= 4 is 27.5 Å². The van der Waals surface area contributed by atoms with Gasteiger partial charge in [0.2, 0.25) is 10.0 Å². The van der Waals surface area contributed by atoms with Crippen molar-refractivity contribution in [2.75, 3.05) is 38.2 Å². The predicted octanol–water partition coefficient (Wildman–Crippen LogP) is 1.09. The van der Waals surface area contributed by atoms with Gasteiger partial charge in [0, 0.05) is 37.9 Å². The average Bonchev–Trinajstić information content (AvgIpc) is 3.01. The van der Waals surface area contributed by atoms with Crippen LogP contribution in [0.4, 0.5) is 5.69 Å². The molecule has 8 nitrogen and oxygen atoms in total. The van der Waals surface area contributed by atoms with Crippen LogP contribution < -0.4 is 15.0 Å². The maximum atomic E-state index is 13.0. The van der Waals surface area contributed by atoms with Gasteiger partial charge < -0.3 is 9.64 Å². The highest BCUT2D eigenvalue weighted by molar-refractivity contribution is 7.89. The molecule has 0 spiro atoms. The highest BCUT2D eigenvalue weighted by Crippen LogP contribution is 2.26. The molecule has 0 radical (unpaired) electrons. The Labute approximate surface area is 162 Å². The van der Waals surface area contributed by atoms with E-state index in [0.29, 0.717) is 26.2 Å². The molecular formula is C19H19N3O5S. The number of piperazine rings is 1. The van der Waals surface area contributed by atoms with E-state index in [2.05, 4.69) is 10.2 Å². The smallest absolute Gasteiger partial charge is 0.258 e. The zero-order valence-electron chi connectivity index (χ0n) is 15.2. The number of carbonyl (C=O) groups is 2. The highest BCUT2D eigenvalue weighted by atomic mass is 32.2. The molecule has 0 unspecified atom stereocenters. The molecule has 2 aliphatic rings. The van der Waals surface area contributed by atoms with E-state index >= 15 is 0 Å². The minimum Gasteiger partial charge on any atom is -0.497 e. The van der Waals surface area contributed by atoms with Crippen LogP contribution in [0, 0.1) is 0 Å². The fourth-order valence-electron chi connectivity index (χ4n) is 3.45. The number of carbonyl (C=O) groups excluding carboxylic acids is 2. The fraction of sp³-hybridized carbons (Fsp3) is 0.263. The van der Waals surface area contributed by atoms with Gasteiger partial charge in [0.05, 0.1) is 23.1 Å². The van der Waals surface area contributed by atoms with Gasteiger partial charge in [0.25, 0.3) is 11.8 Å². The number of imide groups is 1.